The number of likely N-dealkylation sites (tertiary alicyclic amines) is 1. The van der Waals surface area contributed by atoms with Crippen LogP contribution in [-0.2, 0) is 12.8 Å². The van der Waals surface area contributed by atoms with E-state index in [1.165, 1.54) is 11.3 Å². The van der Waals surface area contributed by atoms with Crippen molar-refractivity contribution in [3.8, 4) is 5.69 Å². The molecule has 1 aliphatic carbocycles. The highest BCUT2D eigenvalue weighted by Gasteiger charge is 2.34. The first-order chi connectivity index (χ1) is 11.8. The van der Waals surface area contributed by atoms with E-state index in [2.05, 4.69) is 17.4 Å². The van der Waals surface area contributed by atoms with Gasteiger partial charge in [0.15, 0.2) is 5.69 Å². The third-order valence-corrected chi connectivity index (χ3v) is 5.21. The van der Waals surface area contributed by atoms with Crippen LogP contribution in [0.2, 0.25) is 0 Å². The van der Waals surface area contributed by atoms with Gasteiger partial charge in [0.25, 0.3) is 5.91 Å². The topological polar surface area (TPSA) is 50.2 Å². The molecule has 24 heavy (non-hydrogen) atoms. The zero-order chi connectivity index (χ0) is 16.5. The van der Waals surface area contributed by atoms with Crippen LogP contribution in [-0.4, -0.2) is 46.8 Å². The Labute approximate surface area is 142 Å². The van der Waals surface area contributed by atoms with E-state index in [-0.39, 0.29) is 5.91 Å². The van der Waals surface area contributed by atoms with Gasteiger partial charge >= 0.3 is 0 Å². The highest BCUT2D eigenvalue weighted by atomic mass is 16.2. The molecule has 5 heteroatoms. The lowest BCUT2D eigenvalue weighted by Crippen LogP contribution is -2.41. The Bertz CT molecular complexity index is 737. The van der Waals surface area contributed by atoms with Crippen LogP contribution in [0.1, 0.15) is 41.0 Å². The van der Waals surface area contributed by atoms with Gasteiger partial charge in [0, 0.05) is 30.4 Å². The number of hydrogen-bond acceptors (Lipinski definition) is 3. The molecule has 2 aliphatic rings. The molecule has 1 amide bonds. The van der Waals surface area contributed by atoms with Crippen LogP contribution in [0.25, 0.3) is 5.69 Å². The summed E-state index contributed by atoms with van der Waals surface area (Å²) in [6.45, 7) is 1.70. The van der Waals surface area contributed by atoms with Crippen molar-refractivity contribution < 1.29 is 4.79 Å². The number of fused-ring (bicyclic) bond motifs is 1. The van der Waals surface area contributed by atoms with Crippen LogP contribution in [0.4, 0.5) is 0 Å². The maximum atomic E-state index is 13.2. The van der Waals surface area contributed by atoms with Crippen molar-refractivity contribution in [1.29, 1.82) is 0 Å². The first kappa shape index (κ1) is 15.4. The molecule has 5 nitrogen and oxygen atoms in total. The van der Waals surface area contributed by atoms with E-state index in [1.54, 1.807) is 0 Å². The fraction of sp³-hybridized carbons (Fsp3) is 0.474. The summed E-state index contributed by atoms with van der Waals surface area (Å²) < 4.78 is 1.98. The van der Waals surface area contributed by atoms with Gasteiger partial charge in [-0.15, -0.1) is 0 Å². The summed E-state index contributed by atoms with van der Waals surface area (Å²) in [6, 6.07) is 10.4. The second kappa shape index (κ2) is 6.40. The molecular weight excluding hydrogens is 300 g/mol. The van der Waals surface area contributed by atoms with Gasteiger partial charge in [-0.05, 0) is 51.3 Å². The van der Waals surface area contributed by atoms with Crippen molar-refractivity contribution in [2.24, 2.45) is 0 Å². The molecule has 1 saturated heterocycles. The molecule has 2 heterocycles. The first-order valence-electron chi connectivity index (χ1n) is 8.91. The largest absolute Gasteiger partial charge is 0.333 e. The van der Waals surface area contributed by atoms with Gasteiger partial charge < -0.3 is 10.2 Å². The van der Waals surface area contributed by atoms with Gasteiger partial charge in [0.2, 0.25) is 0 Å². The highest BCUT2D eigenvalue weighted by Crippen LogP contribution is 2.30. The van der Waals surface area contributed by atoms with Crippen molar-refractivity contribution in [2.45, 2.75) is 38.1 Å². The molecule has 1 aromatic carbocycles. The Morgan fingerprint density at radius 2 is 2.08 bits per heavy atom. The molecule has 4 rings (SSSR count). The summed E-state index contributed by atoms with van der Waals surface area (Å²) in [5, 5.41) is 7.96. The maximum Gasteiger partial charge on any atom is 0.274 e. The molecule has 1 atom stereocenters. The molecule has 0 spiro atoms. The Hall–Kier alpha value is -2.14. The molecule has 1 aromatic heterocycles. The zero-order valence-corrected chi connectivity index (χ0v) is 14.2. The minimum atomic E-state index is 0.112. The summed E-state index contributed by atoms with van der Waals surface area (Å²) >= 11 is 0. The molecule has 1 fully saturated rings. The number of carbonyl (C=O) groups excluding carboxylic acids is 1. The number of aromatic nitrogens is 2. The number of likely N-dealkylation sites (N-methyl/N-ethyl adjacent to an activating group) is 1. The number of nitrogens with zero attached hydrogens (tertiary/aromatic N) is 3. The Balaban J connectivity index is 1.70. The van der Waals surface area contributed by atoms with Gasteiger partial charge in [0.1, 0.15) is 0 Å². The number of para-hydroxylation sites is 1. The van der Waals surface area contributed by atoms with E-state index in [0.29, 0.717) is 11.7 Å². The number of rotatable bonds is 4. The van der Waals surface area contributed by atoms with Gasteiger partial charge in [-0.1, -0.05) is 18.2 Å². The summed E-state index contributed by atoms with van der Waals surface area (Å²) in [7, 11) is 1.95. The molecule has 1 N–H and O–H groups in total. The highest BCUT2D eigenvalue weighted by molar-refractivity contribution is 5.94. The summed E-state index contributed by atoms with van der Waals surface area (Å²) in [4.78, 5) is 15.2. The van der Waals surface area contributed by atoms with Gasteiger partial charge in [-0.2, -0.15) is 5.10 Å². The van der Waals surface area contributed by atoms with Gasteiger partial charge in [0.05, 0.1) is 5.69 Å². The predicted octanol–water partition coefficient (Wildman–Crippen LogP) is 2.18. The van der Waals surface area contributed by atoms with Crippen LogP contribution >= 0.6 is 0 Å². The molecule has 1 aliphatic heterocycles. The van der Waals surface area contributed by atoms with E-state index >= 15 is 0 Å². The van der Waals surface area contributed by atoms with Crippen LogP contribution in [0.5, 0.6) is 0 Å². The minimum absolute atomic E-state index is 0.112. The monoisotopic (exact) mass is 324 g/mol. The third kappa shape index (κ3) is 2.53. The Morgan fingerprint density at radius 1 is 1.25 bits per heavy atom. The smallest absolute Gasteiger partial charge is 0.274 e. The lowest BCUT2D eigenvalue weighted by atomic mass is 10.1. The van der Waals surface area contributed by atoms with E-state index in [9.17, 15) is 4.79 Å². The summed E-state index contributed by atoms with van der Waals surface area (Å²) in [5.74, 6) is 0.112. The van der Waals surface area contributed by atoms with E-state index < -0.39 is 0 Å². The van der Waals surface area contributed by atoms with Crippen molar-refractivity contribution in [3.63, 3.8) is 0 Å². The number of carbonyl (C=O) groups is 1. The Morgan fingerprint density at radius 3 is 2.88 bits per heavy atom. The molecule has 2 aromatic rings. The van der Waals surface area contributed by atoms with Crippen LogP contribution in [0.3, 0.4) is 0 Å². The minimum Gasteiger partial charge on any atom is -0.333 e. The van der Waals surface area contributed by atoms with Gasteiger partial charge in [-0.25, -0.2) is 4.68 Å². The molecule has 126 valence electrons. The van der Waals surface area contributed by atoms with E-state index in [4.69, 9.17) is 5.10 Å². The van der Waals surface area contributed by atoms with Gasteiger partial charge in [-0.3, -0.25) is 4.79 Å². The predicted molar refractivity (Wildman–Crippen MR) is 93.6 cm³/mol. The van der Waals surface area contributed by atoms with Crippen molar-refractivity contribution >= 4 is 5.91 Å². The van der Waals surface area contributed by atoms with E-state index in [1.807, 2.05) is 34.8 Å². The average molecular weight is 324 g/mol. The zero-order valence-electron chi connectivity index (χ0n) is 14.2. The molecule has 0 radical (unpaired) electrons. The van der Waals surface area contributed by atoms with Crippen LogP contribution in [0.15, 0.2) is 30.3 Å². The Kier molecular flexibility index (Phi) is 4.10. The first-order valence-corrected chi connectivity index (χ1v) is 8.91. The maximum absolute atomic E-state index is 13.2. The fourth-order valence-electron chi connectivity index (χ4n) is 4.08. The number of benzene rings is 1. The third-order valence-electron chi connectivity index (χ3n) is 5.21. The number of nitrogens with one attached hydrogen (secondary N) is 1. The van der Waals surface area contributed by atoms with E-state index in [0.717, 1.165) is 50.9 Å². The van der Waals surface area contributed by atoms with Crippen LogP contribution in [0, 0.1) is 0 Å². The van der Waals surface area contributed by atoms with Crippen molar-refractivity contribution in [3.05, 3.63) is 47.3 Å². The van der Waals surface area contributed by atoms with Crippen molar-refractivity contribution in [2.75, 3.05) is 20.1 Å². The normalized spacial score (nSPS) is 19.7. The van der Waals surface area contributed by atoms with Crippen LogP contribution < -0.4 is 5.32 Å². The fourth-order valence-corrected chi connectivity index (χ4v) is 4.08. The lowest BCUT2D eigenvalue weighted by molar-refractivity contribution is 0.0729. The lowest BCUT2D eigenvalue weighted by Gasteiger charge is -2.24. The molecular formula is C19H24N4O. The standard InChI is InChI=1S/C19H24N4O/c1-20-13-15-9-6-12-22(15)19(24)18-16-10-5-11-17(16)23(21-18)14-7-3-2-4-8-14/h2-4,7-8,15,20H,5-6,9-13H2,1H3. The number of amides is 1. The molecule has 0 bridgehead atoms. The molecule has 1 unspecified atom stereocenters. The summed E-state index contributed by atoms with van der Waals surface area (Å²) in [6.07, 6.45) is 5.24. The average Bonchev–Trinajstić information content (AvgIpc) is 3.31. The van der Waals surface area contributed by atoms with Crippen molar-refractivity contribution in [1.82, 2.24) is 20.0 Å². The second-order valence-corrected chi connectivity index (χ2v) is 6.73. The summed E-state index contributed by atoms with van der Waals surface area (Å²) in [5.41, 5.74) is 4.10. The quantitative estimate of drug-likeness (QED) is 0.938. The number of hydrogen-bond donors (Lipinski definition) is 1. The SMILES string of the molecule is CNCC1CCCN1C(=O)c1nn(-c2ccccc2)c2c1CCC2. The molecule has 0 saturated carbocycles. The second-order valence-electron chi connectivity index (χ2n) is 6.73.